The van der Waals surface area contributed by atoms with Gasteiger partial charge >= 0.3 is 0 Å². The van der Waals surface area contributed by atoms with Crippen LogP contribution in [0.3, 0.4) is 0 Å². The molecule has 1 aliphatic carbocycles. The van der Waals surface area contributed by atoms with E-state index in [1.165, 1.54) is 10.5 Å². The number of rotatable bonds is 2. The molecule has 1 aromatic carbocycles. The van der Waals surface area contributed by atoms with Gasteiger partial charge in [-0.05, 0) is 46.9 Å². The van der Waals surface area contributed by atoms with Gasteiger partial charge in [0.25, 0.3) is 0 Å². The lowest BCUT2D eigenvalue weighted by atomic mass is 9.95. The van der Waals surface area contributed by atoms with E-state index in [-0.39, 0.29) is 0 Å². The van der Waals surface area contributed by atoms with Crippen molar-refractivity contribution < 1.29 is 0 Å². The highest BCUT2D eigenvalue weighted by Gasteiger charge is 2.11. The predicted molar refractivity (Wildman–Crippen MR) is 87.2 cm³/mol. The third kappa shape index (κ3) is 2.49. The summed E-state index contributed by atoms with van der Waals surface area (Å²) in [7, 11) is 0. The number of hydrogen-bond donors (Lipinski definition) is 2. The van der Waals surface area contributed by atoms with Gasteiger partial charge in [0, 0.05) is 16.1 Å². The minimum absolute atomic E-state index is 0.525. The molecule has 2 aromatic rings. The van der Waals surface area contributed by atoms with Gasteiger partial charge in [-0.1, -0.05) is 30.4 Å². The Morgan fingerprint density at radius 3 is 2.25 bits per heavy atom. The van der Waals surface area contributed by atoms with Gasteiger partial charge in [-0.2, -0.15) is 0 Å². The summed E-state index contributed by atoms with van der Waals surface area (Å²) in [6, 6.07) is 12.1. The van der Waals surface area contributed by atoms with E-state index in [2.05, 4.69) is 17.5 Å². The van der Waals surface area contributed by atoms with Gasteiger partial charge in [0.05, 0.1) is 5.71 Å². The second-order valence-electron chi connectivity index (χ2n) is 4.55. The van der Waals surface area contributed by atoms with Gasteiger partial charge < -0.3 is 11.1 Å². The Kier molecular flexibility index (Phi) is 3.35. The molecule has 0 amide bonds. The normalized spacial score (nSPS) is 13.8. The third-order valence-corrected chi connectivity index (χ3v) is 4.03. The maximum absolute atomic E-state index is 7.62. The molecule has 0 spiro atoms. The molecular formula is C17H14N2S. The lowest BCUT2D eigenvalue weighted by Crippen LogP contribution is -1.96. The predicted octanol–water partition coefficient (Wildman–Crippen LogP) is 4.28. The highest BCUT2D eigenvalue weighted by Crippen LogP contribution is 2.32. The van der Waals surface area contributed by atoms with Gasteiger partial charge in [0.15, 0.2) is 0 Å². The number of thiophene rings is 1. The number of nitrogens with one attached hydrogen (secondary N) is 1. The van der Waals surface area contributed by atoms with Gasteiger partial charge in [0.2, 0.25) is 0 Å². The average molecular weight is 278 g/mol. The van der Waals surface area contributed by atoms with Crippen molar-refractivity contribution in [2.24, 2.45) is 0 Å². The fourth-order valence-electron chi connectivity index (χ4n) is 2.16. The summed E-state index contributed by atoms with van der Waals surface area (Å²) >= 11 is 1.71. The van der Waals surface area contributed by atoms with Crippen LogP contribution in [0.25, 0.3) is 5.57 Å². The van der Waals surface area contributed by atoms with Crippen molar-refractivity contribution in [1.82, 2.24) is 0 Å². The molecule has 0 unspecified atom stereocenters. The molecule has 0 atom stereocenters. The minimum atomic E-state index is 0.525. The van der Waals surface area contributed by atoms with E-state index in [1.54, 1.807) is 11.3 Å². The number of nitrogen functional groups attached to an aromatic ring is 1. The van der Waals surface area contributed by atoms with E-state index in [0.717, 1.165) is 16.8 Å². The topological polar surface area (TPSA) is 49.9 Å². The van der Waals surface area contributed by atoms with Crippen molar-refractivity contribution in [3.63, 3.8) is 0 Å². The summed E-state index contributed by atoms with van der Waals surface area (Å²) in [6.45, 7) is 0. The molecule has 1 heterocycles. The quantitative estimate of drug-likeness (QED) is 0.791. The number of hydrogen-bond acceptors (Lipinski definition) is 3. The van der Waals surface area contributed by atoms with E-state index in [0.29, 0.717) is 5.71 Å². The van der Waals surface area contributed by atoms with Crippen LogP contribution in [-0.2, 0) is 0 Å². The Hall–Kier alpha value is -2.39. The molecular weight excluding hydrogens is 264 g/mol. The highest BCUT2D eigenvalue weighted by molar-refractivity contribution is 7.11. The fraction of sp³-hybridized carbons (Fsp3) is 0. The van der Waals surface area contributed by atoms with Gasteiger partial charge in [0.1, 0.15) is 0 Å². The maximum atomic E-state index is 7.62. The van der Waals surface area contributed by atoms with Crippen LogP contribution in [-0.4, -0.2) is 5.71 Å². The molecule has 2 nitrogen and oxygen atoms in total. The van der Waals surface area contributed by atoms with Crippen LogP contribution in [0.15, 0.2) is 71.7 Å². The van der Waals surface area contributed by atoms with E-state index in [9.17, 15) is 0 Å². The lowest BCUT2D eigenvalue weighted by Gasteiger charge is -2.12. The fourth-order valence-corrected chi connectivity index (χ4v) is 2.97. The molecule has 0 radical (unpaired) electrons. The molecule has 3 rings (SSSR count). The molecule has 20 heavy (non-hydrogen) atoms. The first-order chi connectivity index (χ1) is 9.74. The first kappa shape index (κ1) is 12.6. The van der Waals surface area contributed by atoms with E-state index in [1.807, 2.05) is 48.6 Å². The molecule has 3 N–H and O–H groups in total. The highest BCUT2D eigenvalue weighted by atomic mass is 32.1. The first-order valence-electron chi connectivity index (χ1n) is 6.33. The van der Waals surface area contributed by atoms with Crippen LogP contribution < -0.4 is 5.73 Å². The van der Waals surface area contributed by atoms with Gasteiger partial charge in [-0.25, -0.2) is 0 Å². The van der Waals surface area contributed by atoms with Crippen LogP contribution >= 0.6 is 11.3 Å². The Bertz CT molecular complexity index is 699. The summed E-state index contributed by atoms with van der Waals surface area (Å²) in [5.41, 5.74) is 10.5. The Morgan fingerprint density at radius 2 is 1.65 bits per heavy atom. The van der Waals surface area contributed by atoms with Crippen LogP contribution in [0.2, 0.25) is 0 Å². The monoisotopic (exact) mass is 278 g/mol. The summed E-state index contributed by atoms with van der Waals surface area (Å²) in [5, 5.41) is 9.69. The van der Waals surface area contributed by atoms with E-state index in [4.69, 9.17) is 11.1 Å². The van der Waals surface area contributed by atoms with Crippen LogP contribution in [0.1, 0.15) is 10.4 Å². The van der Waals surface area contributed by atoms with Gasteiger partial charge in [-0.15, -0.1) is 11.3 Å². The van der Waals surface area contributed by atoms with Crippen molar-refractivity contribution in [3.8, 4) is 0 Å². The molecule has 1 aliphatic rings. The average Bonchev–Trinajstić information content (AvgIpc) is 2.97. The molecule has 0 saturated carbocycles. The number of allylic oxidation sites excluding steroid dienone is 5. The largest absolute Gasteiger partial charge is 0.399 e. The van der Waals surface area contributed by atoms with Crippen molar-refractivity contribution in [2.45, 2.75) is 0 Å². The molecule has 98 valence electrons. The second-order valence-corrected chi connectivity index (χ2v) is 5.50. The summed E-state index contributed by atoms with van der Waals surface area (Å²) in [5.74, 6) is 0. The Morgan fingerprint density at radius 1 is 0.950 bits per heavy atom. The van der Waals surface area contributed by atoms with Crippen molar-refractivity contribution in [3.05, 3.63) is 82.1 Å². The van der Waals surface area contributed by atoms with E-state index >= 15 is 0 Å². The van der Waals surface area contributed by atoms with E-state index < -0.39 is 0 Å². The first-order valence-corrected chi connectivity index (χ1v) is 7.21. The lowest BCUT2D eigenvalue weighted by molar-refractivity contribution is 1.50. The maximum Gasteiger partial charge on any atom is 0.0540 e. The SMILES string of the molecule is N=C1C=CC(=C(c2ccc(N)cc2)c2cccs2)C=C1. The summed E-state index contributed by atoms with van der Waals surface area (Å²) < 4.78 is 0. The molecule has 0 saturated heterocycles. The molecule has 0 bridgehead atoms. The molecule has 3 heteroatoms. The third-order valence-electron chi connectivity index (χ3n) is 3.14. The zero-order valence-corrected chi connectivity index (χ0v) is 11.7. The second kappa shape index (κ2) is 5.31. The number of anilines is 1. The van der Waals surface area contributed by atoms with Crippen LogP contribution in [0, 0.1) is 5.41 Å². The smallest absolute Gasteiger partial charge is 0.0540 e. The van der Waals surface area contributed by atoms with Crippen molar-refractivity contribution in [2.75, 3.05) is 5.73 Å². The van der Waals surface area contributed by atoms with Crippen LogP contribution in [0.4, 0.5) is 5.69 Å². The van der Waals surface area contributed by atoms with Crippen molar-refractivity contribution >= 4 is 28.3 Å². The van der Waals surface area contributed by atoms with Crippen LogP contribution in [0.5, 0.6) is 0 Å². The molecule has 0 fully saturated rings. The number of nitrogens with two attached hydrogens (primary N) is 1. The molecule has 0 aliphatic heterocycles. The number of benzene rings is 1. The Labute approximate surface area is 122 Å². The van der Waals surface area contributed by atoms with Gasteiger partial charge in [-0.3, -0.25) is 0 Å². The standard InChI is InChI=1S/C17H14N2S/c18-14-7-3-12(4-8-14)17(16-2-1-11-20-16)13-5-9-15(19)10-6-13/h1-11,18H,19H2. The summed E-state index contributed by atoms with van der Waals surface area (Å²) in [6.07, 6.45) is 7.63. The minimum Gasteiger partial charge on any atom is -0.399 e. The Balaban J connectivity index is 2.17. The summed E-state index contributed by atoms with van der Waals surface area (Å²) in [4.78, 5) is 1.22. The molecule has 1 aromatic heterocycles. The zero-order valence-electron chi connectivity index (χ0n) is 10.8. The zero-order chi connectivity index (χ0) is 13.9. The van der Waals surface area contributed by atoms with Crippen molar-refractivity contribution in [1.29, 1.82) is 5.41 Å².